The molecular weight excluding hydrogens is 302 g/mol. The molecule has 24 heavy (non-hydrogen) atoms. The molecule has 1 amide bonds. The van der Waals surface area contributed by atoms with E-state index < -0.39 is 0 Å². The van der Waals surface area contributed by atoms with Gasteiger partial charge < -0.3 is 14.2 Å². The van der Waals surface area contributed by atoms with Gasteiger partial charge in [0.25, 0.3) is 0 Å². The van der Waals surface area contributed by atoms with Gasteiger partial charge in [-0.25, -0.2) is 4.98 Å². The largest absolute Gasteiger partial charge is 0.487 e. The average molecular weight is 327 g/mol. The summed E-state index contributed by atoms with van der Waals surface area (Å²) in [6.45, 7) is 6.34. The van der Waals surface area contributed by atoms with Crippen molar-refractivity contribution in [3.8, 4) is 5.75 Å². The SMILES string of the molecule is CCc1cccc(OC2CN(C(=O)CCCn3ccnc3C)C2)c1. The zero-order valence-corrected chi connectivity index (χ0v) is 14.4. The summed E-state index contributed by atoms with van der Waals surface area (Å²) in [4.78, 5) is 18.3. The molecule has 0 bridgehead atoms. The summed E-state index contributed by atoms with van der Waals surface area (Å²) in [7, 11) is 0. The molecule has 1 aliphatic rings. The molecule has 0 atom stereocenters. The van der Waals surface area contributed by atoms with E-state index in [0.29, 0.717) is 19.5 Å². The van der Waals surface area contributed by atoms with Crippen molar-refractivity contribution in [2.24, 2.45) is 0 Å². The van der Waals surface area contributed by atoms with Gasteiger partial charge >= 0.3 is 0 Å². The number of carbonyl (C=O) groups is 1. The van der Waals surface area contributed by atoms with Gasteiger partial charge in [0.15, 0.2) is 0 Å². The van der Waals surface area contributed by atoms with E-state index in [1.165, 1.54) is 5.56 Å². The lowest BCUT2D eigenvalue weighted by Gasteiger charge is -2.39. The molecule has 1 aromatic carbocycles. The van der Waals surface area contributed by atoms with Crippen LogP contribution in [-0.2, 0) is 17.8 Å². The highest BCUT2D eigenvalue weighted by atomic mass is 16.5. The van der Waals surface area contributed by atoms with Gasteiger partial charge in [-0.15, -0.1) is 0 Å². The summed E-state index contributed by atoms with van der Waals surface area (Å²) in [5.41, 5.74) is 1.27. The van der Waals surface area contributed by atoms with Gasteiger partial charge in [0, 0.05) is 25.4 Å². The molecule has 1 saturated heterocycles. The minimum absolute atomic E-state index is 0.122. The maximum absolute atomic E-state index is 12.2. The van der Waals surface area contributed by atoms with Crippen LogP contribution in [0.1, 0.15) is 31.2 Å². The summed E-state index contributed by atoms with van der Waals surface area (Å²) < 4.78 is 8.03. The van der Waals surface area contributed by atoms with Crippen LogP contribution in [0.25, 0.3) is 0 Å². The zero-order chi connectivity index (χ0) is 16.9. The number of ether oxygens (including phenoxy) is 1. The van der Waals surface area contributed by atoms with Crippen molar-refractivity contribution in [2.75, 3.05) is 13.1 Å². The molecule has 0 N–H and O–H groups in total. The number of amides is 1. The molecule has 5 nitrogen and oxygen atoms in total. The fourth-order valence-corrected chi connectivity index (χ4v) is 2.95. The molecule has 1 aliphatic heterocycles. The molecule has 5 heteroatoms. The van der Waals surface area contributed by atoms with Crippen LogP contribution in [0.2, 0.25) is 0 Å². The van der Waals surface area contributed by atoms with Gasteiger partial charge in [0.1, 0.15) is 17.7 Å². The van der Waals surface area contributed by atoms with E-state index in [0.717, 1.165) is 31.0 Å². The molecule has 0 aliphatic carbocycles. The van der Waals surface area contributed by atoms with Crippen LogP contribution in [0.3, 0.4) is 0 Å². The Bertz CT molecular complexity index is 689. The Morgan fingerprint density at radius 3 is 2.92 bits per heavy atom. The Balaban J connectivity index is 1.38. The van der Waals surface area contributed by atoms with E-state index in [2.05, 4.69) is 28.6 Å². The lowest BCUT2D eigenvalue weighted by molar-refractivity contribution is -0.140. The number of nitrogens with zero attached hydrogens (tertiary/aromatic N) is 3. The van der Waals surface area contributed by atoms with E-state index in [9.17, 15) is 4.79 Å². The zero-order valence-electron chi connectivity index (χ0n) is 14.4. The quantitative estimate of drug-likeness (QED) is 0.785. The van der Waals surface area contributed by atoms with Crippen LogP contribution in [-0.4, -0.2) is 39.6 Å². The first kappa shape index (κ1) is 16.6. The second-order valence-electron chi connectivity index (χ2n) is 6.31. The van der Waals surface area contributed by atoms with E-state index in [1.54, 1.807) is 6.20 Å². The Labute approximate surface area is 143 Å². The van der Waals surface area contributed by atoms with Gasteiger partial charge in [0.05, 0.1) is 13.1 Å². The van der Waals surface area contributed by atoms with Crippen LogP contribution in [0.4, 0.5) is 0 Å². The molecule has 0 radical (unpaired) electrons. The van der Waals surface area contributed by atoms with Crippen molar-refractivity contribution >= 4 is 5.91 Å². The van der Waals surface area contributed by atoms with Gasteiger partial charge in [-0.2, -0.15) is 0 Å². The van der Waals surface area contributed by atoms with Crippen LogP contribution in [0.15, 0.2) is 36.7 Å². The molecule has 0 unspecified atom stereocenters. The lowest BCUT2D eigenvalue weighted by atomic mass is 10.1. The van der Waals surface area contributed by atoms with Crippen LogP contribution < -0.4 is 4.74 Å². The molecule has 2 heterocycles. The second-order valence-corrected chi connectivity index (χ2v) is 6.31. The number of benzene rings is 1. The highest BCUT2D eigenvalue weighted by Gasteiger charge is 2.31. The minimum atomic E-state index is 0.122. The predicted molar refractivity (Wildman–Crippen MR) is 93.0 cm³/mol. The Kier molecular flexibility index (Phi) is 5.18. The summed E-state index contributed by atoms with van der Waals surface area (Å²) in [5, 5.41) is 0. The smallest absolute Gasteiger partial charge is 0.222 e. The first-order valence-corrected chi connectivity index (χ1v) is 8.67. The number of carbonyl (C=O) groups excluding carboxylic acids is 1. The number of aromatic nitrogens is 2. The van der Waals surface area contributed by atoms with Crippen molar-refractivity contribution < 1.29 is 9.53 Å². The van der Waals surface area contributed by atoms with Gasteiger partial charge in [-0.05, 0) is 37.5 Å². The third-order valence-corrected chi connectivity index (χ3v) is 4.52. The van der Waals surface area contributed by atoms with Crippen molar-refractivity contribution in [2.45, 2.75) is 45.8 Å². The summed E-state index contributed by atoms with van der Waals surface area (Å²) in [6, 6.07) is 8.19. The third-order valence-electron chi connectivity index (χ3n) is 4.52. The fourth-order valence-electron chi connectivity index (χ4n) is 2.95. The minimum Gasteiger partial charge on any atom is -0.487 e. The first-order valence-electron chi connectivity index (χ1n) is 8.67. The molecule has 1 fully saturated rings. The fraction of sp³-hybridized carbons (Fsp3) is 0.474. The third kappa shape index (κ3) is 3.96. The molecular formula is C19H25N3O2. The topological polar surface area (TPSA) is 47.4 Å². The molecule has 1 aromatic heterocycles. The number of aryl methyl sites for hydroxylation is 3. The standard InChI is InChI=1S/C19H25N3O2/c1-3-16-6-4-7-17(12-16)24-18-13-22(14-18)19(23)8-5-10-21-11-9-20-15(21)2/h4,6-7,9,11-12,18H,3,5,8,10,13-14H2,1-2H3. The van der Waals surface area contributed by atoms with Gasteiger partial charge in [-0.3, -0.25) is 4.79 Å². The van der Waals surface area contributed by atoms with E-state index >= 15 is 0 Å². The van der Waals surface area contributed by atoms with Crippen LogP contribution in [0, 0.1) is 6.92 Å². The van der Waals surface area contributed by atoms with Gasteiger partial charge in [0.2, 0.25) is 5.91 Å². The number of rotatable bonds is 7. The molecule has 128 valence electrons. The van der Waals surface area contributed by atoms with Crippen LogP contribution in [0.5, 0.6) is 5.75 Å². The normalized spacial score (nSPS) is 14.5. The van der Waals surface area contributed by atoms with Gasteiger partial charge in [-0.1, -0.05) is 19.1 Å². The summed E-state index contributed by atoms with van der Waals surface area (Å²) in [6.07, 6.45) is 6.30. The Morgan fingerprint density at radius 1 is 1.38 bits per heavy atom. The molecule has 3 rings (SSSR count). The molecule has 0 saturated carbocycles. The number of hydrogen-bond acceptors (Lipinski definition) is 3. The highest BCUT2D eigenvalue weighted by Crippen LogP contribution is 2.20. The van der Waals surface area contributed by atoms with Crippen molar-refractivity contribution in [1.29, 1.82) is 0 Å². The molecule has 0 spiro atoms. The van der Waals surface area contributed by atoms with Crippen LogP contribution >= 0.6 is 0 Å². The first-order chi connectivity index (χ1) is 11.7. The monoisotopic (exact) mass is 327 g/mol. The van der Waals surface area contributed by atoms with E-state index in [-0.39, 0.29) is 12.0 Å². The molecule has 2 aromatic rings. The second kappa shape index (κ2) is 7.51. The summed E-state index contributed by atoms with van der Waals surface area (Å²) >= 11 is 0. The van der Waals surface area contributed by atoms with E-state index in [1.807, 2.05) is 30.2 Å². The average Bonchev–Trinajstić information content (AvgIpc) is 2.96. The predicted octanol–water partition coefficient (Wildman–Crippen LogP) is 2.82. The van der Waals surface area contributed by atoms with Crippen molar-refractivity contribution in [3.63, 3.8) is 0 Å². The summed E-state index contributed by atoms with van der Waals surface area (Å²) in [5.74, 6) is 2.12. The number of imidazole rings is 1. The number of likely N-dealkylation sites (tertiary alicyclic amines) is 1. The number of hydrogen-bond donors (Lipinski definition) is 0. The van der Waals surface area contributed by atoms with Crippen molar-refractivity contribution in [3.05, 3.63) is 48.0 Å². The van der Waals surface area contributed by atoms with E-state index in [4.69, 9.17) is 4.74 Å². The highest BCUT2D eigenvalue weighted by molar-refractivity contribution is 5.77. The maximum Gasteiger partial charge on any atom is 0.222 e. The maximum atomic E-state index is 12.2. The lowest BCUT2D eigenvalue weighted by Crippen LogP contribution is -2.56. The Morgan fingerprint density at radius 2 is 2.21 bits per heavy atom. The van der Waals surface area contributed by atoms with Crippen molar-refractivity contribution in [1.82, 2.24) is 14.5 Å². The Hall–Kier alpha value is -2.30.